The van der Waals surface area contributed by atoms with Gasteiger partial charge in [-0.3, -0.25) is 0 Å². The van der Waals surface area contributed by atoms with E-state index in [9.17, 15) is 0 Å². The van der Waals surface area contributed by atoms with Gasteiger partial charge >= 0.3 is 0 Å². The van der Waals surface area contributed by atoms with E-state index in [1.807, 2.05) is 0 Å². The average molecular weight is 534 g/mol. The van der Waals surface area contributed by atoms with Crippen molar-refractivity contribution in [1.82, 2.24) is 0 Å². The number of allylic oxidation sites excluding steroid dienone is 8. The summed E-state index contributed by atoms with van der Waals surface area (Å²) in [6.45, 7) is 18.4. The van der Waals surface area contributed by atoms with E-state index in [-0.39, 0.29) is 10.8 Å². The van der Waals surface area contributed by atoms with Crippen LogP contribution in [0.1, 0.15) is 98.1 Å². The highest BCUT2D eigenvalue weighted by Crippen LogP contribution is 2.48. The summed E-state index contributed by atoms with van der Waals surface area (Å²) in [4.78, 5) is 2.52. The van der Waals surface area contributed by atoms with Crippen LogP contribution in [0, 0.1) is 0 Å². The molecule has 0 spiro atoms. The van der Waals surface area contributed by atoms with E-state index in [1.165, 1.54) is 72.4 Å². The Bertz CT molecular complexity index is 1420. The summed E-state index contributed by atoms with van der Waals surface area (Å²) in [5.74, 6) is 0. The molecule has 0 unspecified atom stereocenters. The smallest absolute Gasteiger partial charge is 0.209 e. The summed E-state index contributed by atoms with van der Waals surface area (Å²) in [5.41, 5.74) is 13.1. The zero-order valence-electron chi connectivity index (χ0n) is 26.0. The highest BCUT2D eigenvalue weighted by atomic mass is 15.2. The van der Waals surface area contributed by atoms with Crippen LogP contribution in [0.15, 0.2) is 95.3 Å². The van der Waals surface area contributed by atoms with Crippen molar-refractivity contribution in [2.24, 2.45) is 0 Å². The van der Waals surface area contributed by atoms with Gasteiger partial charge in [-0.05, 0) is 94.2 Å². The molecule has 0 N–H and O–H groups in total. The Balaban J connectivity index is 1.54. The van der Waals surface area contributed by atoms with E-state index in [2.05, 4.69) is 131 Å². The van der Waals surface area contributed by atoms with Crippen LogP contribution < -0.4 is 4.90 Å². The largest absolute Gasteiger partial charge is 0.344 e. The van der Waals surface area contributed by atoms with Crippen molar-refractivity contribution in [3.05, 3.63) is 106 Å². The Morgan fingerprint density at radius 1 is 0.825 bits per heavy atom. The minimum absolute atomic E-state index is 0.0116. The number of likely N-dealkylation sites (N-methyl/N-ethyl adjacent to an activating group) is 1. The summed E-state index contributed by atoms with van der Waals surface area (Å²) in [5, 5.41) is 0. The van der Waals surface area contributed by atoms with Crippen LogP contribution in [0.25, 0.3) is 0 Å². The first-order valence-corrected chi connectivity index (χ1v) is 15.7. The maximum absolute atomic E-state index is 2.52. The first kappa shape index (κ1) is 28.4. The monoisotopic (exact) mass is 533 g/mol. The minimum Gasteiger partial charge on any atom is -0.344 e. The van der Waals surface area contributed by atoms with Gasteiger partial charge < -0.3 is 4.90 Å². The van der Waals surface area contributed by atoms with Crippen LogP contribution >= 0.6 is 0 Å². The maximum atomic E-state index is 2.52. The van der Waals surface area contributed by atoms with Gasteiger partial charge in [-0.2, -0.15) is 4.58 Å². The van der Waals surface area contributed by atoms with Crippen LogP contribution in [-0.4, -0.2) is 23.4 Å². The highest BCUT2D eigenvalue weighted by molar-refractivity contribution is 6.03. The standard InChI is InChI=1S/C38H49N2/c1-8-11-19-30-28(24-26-35-37(4,5)31-20-12-14-22-33(31)39(35)9-2)17-16-18-29(30)25-27-36-38(6,7)32-21-13-15-23-34(32)40(36)10-3/h12-15,20-27H,8-11,16-19H2,1-7H3/q+1. The Morgan fingerprint density at radius 3 is 2.27 bits per heavy atom. The summed E-state index contributed by atoms with van der Waals surface area (Å²) < 4.78 is 2.52. The molecule has 0 saturated carbocycles. The van der Waals surface area contributed by atoms with Gasteiger partial charge in [-0.1, -0.05) is 75.7 Å². The molecule has 2 heteroatoms. The molecule has 210 valence electrons. The Kier molecular flexibility index (Phi) is 8.09. The second-order valence-corrected chi connectivity index (χ2v) is 12.7. The SMILES string of the molecule is CCCCC1=C(/C=C/C2=[N+](CC)c3ccccc3C2(C)C)CCC/C1=C\C=C1\N(CC)c2ccccc2C1(C)C. The molecule has 0 radical (unpaired) electrons. The fraction of sp³-hybridized carbons (Fsp3) is 0.447. The molecule has 5 rings (SSSR count). The van der Waals surface area contributed by atoms with Gasteiger partial charge in [-0.15, -0.1) is 0 Å². The zero-order chi connectivity index (χ0) is 28.5. The van der Waals surface area contributed by atoms with Crippen molar-refractivity contribution in [2.75, 3.05) is 18.0 Å². The van der Waals surface area contributed by atoms with E-state index in [0.29, 0.717) is 0 Å². The fourth-order valence-corrected chi connectivity index (χ4v) is 7.34. The lowest BCUT2D eigenvalue weighted by atomic mass is 9.80. The summed E-state index contributed by atoms with van der Waals surface area (Å²) in [6.07, 6.45) is 17.1. The lowest BCUT2D eigenvalue weighted by Crippen LogP contribution is -2.27. The first-order valence-electron chi connectivity index (χ1n) is 15.7. The maximum Gasteiger partial charge on any atom is 0.209 e. The third kappa shape index (κ3) is 4.84. The first-order chi connectivity index (χ1) is 19.2. The number of nitrogens with zero attached hydrogens (tertiary/aromatic N) is 2. The summed E-state index contributed by atoms with van der Waals surface area (Å²) >= 11 is 0. The van der Waals surface area contributed by atoms with E-state index in [0.717, 1.165) is 13.1 Å². The Labute approximate surface area is 243 Å². The molecule has 0 atom stereocenters. The van der Waals surface area contributed by atoms with Crippen molar-refractivity contribution < 1.29 is 4.58 Å². The third-order valence-corrected chi connectivity index (χ3v) is 9.56. The molecule has 2 aromatic carbocycles. The number of benzene rings is 2. The fourth-order valence-electron chi connectivity index (χ4n) is 7.34. The van der Waals surface area contributed by atoms with E-state index >= 15 is 0 Å². The quantitative estimate of drug-likeness (QED) is 0.306. The molecule has 0 fully saturated rings. The number of unbranched alkanes of at least 4 members (excludes halogenated alkanes) is 1. The third-order valence-electron chi connectivity index (χ3n) is 9.56. The zero-order valence-corrected chi connectivity index (χ0v) is 26.0. The number of hydrogen-bond donors (Lipinski definition) is 0. The van der Waals surface area contributed by atoms with Crippen LogP contribution in [0.4, 0.5) is 11.4 Å². The molecule has 3 aliphatic rings. The molecule has 2 aromatic rings. The molecule has 2 nitrogen and oxygen atoms in total. The number of para-hydroxylation sites is 2. The molecule has 0 amide bonds. The number of hydrogen-bond acceptors (Lipinski definition) is 1. The van der Waals surface area contributed by atoms with E-state index < -0.39 is 0 Å². The Morgan fingerprint density at radius 2 is 1.55 bits per heavy atom. The van der Waals surface area contributed by atoms with Gasteiger partial charge in [0.05, 0.1) is 5.41 Å². The van der Waals surface area contributed by atoms with E-state index in [1.54, 1.807) is 16.7 Å². The van der Waals surface area contributed by atoms with Crippen molar-refractivity contribution in [2.45, 2.75) is 97.8 Å². The molecule has 0 bridgehead atoms. The number of rotatable bonds is 8. The molecule has 0 aromatic heterocycles. The Hall–Kier alpha value is -3.13. The van der Waals surface area contributed by atoms with Gasteiger partial charge in [-0.25, -0.2) is 0 Å². The molecule has 1 aliphatic carbocycles. The van der Waals surface area contributed by atoms with Crippen molar-refractivity contribution in [1.29, 1.82) is 0 Å². The molecule has 0 saturated heterocycles. The predicted octanol–water partition coefficient (Wildman–Crippen LogP) is 9.94. The van der Waals surface area contributed by atoms with Crippen LogP contribution in [0.5, 0.6) is 0 Å². The van der Waals surface area contributed by atoms with Crippen molar-refractivity contribution in [3.8, 4) is 0 Å². The summed E-state index contributed by atoms with van der Waals surface area (Å²) in [6, 6.07) is 17.9. The molecular formula is C38H49N2+. The second kappa shape index (κ2) is 11.4. The number of anilines is 1. The molecular weight excluding hydrogens is 484 g/mol. The predicted molar refractivity (Wildman–Crippen MR) is 173 cm³/mol. The summed E-state index contributed by atoms with van der Waals surface area (Å²) in [7, 11) is 0. The van der Waals surface area contributed by atoms with Gasteiger partial charge in [0.15, 0.2) is 5.71 Å². The average Bonchev–Trinajstić information content (AvgIpc) is 3.32. The van der Waals surface area contributed by atoms with Crippen LogP contribution in [-0.2, 0) is 10.8 Å². The van der Waals surface area contributed by atoms with Crippen LogP contribution in [0.2, 0.25) is 0 Å². The number of fused-ring (bicyclic) bond motifs is 2. The van der Waals surface area contributed by atoms with Crippen LogP contribution in [0.3, 0.4) is 0 Å². The topological polar surface area (TPSA) is 6.25 Å². The van der Waals surface area contributed by atoms with Gasteiger partial charge in [0.25, 0.3) is 0 Å². The van der Waals surface area contributed by atoms with Gasteiger partial charge in [0.1, 0.15) is 6.54 Å². The normalized spacial score (nSPS) is 21.7. The van der Waals surface area contributed by atoms with Gasteiger partial charge in [0.2, 0.25) is 5.69 Å². The van der Waals surface area contributed by atoms with E-state index in [4.69, 9.17) is 0 Å². The second-order valence-electron chi connectivity index (χ2n) is 12.7. The lowest BCUT2D eigenvalue weighted by molar-refractivity contribution is -0.433. The van der Waals surface area contributed by atoms with Crippen molar-refractivity contribution in [3.63, 3.8) is 0 Å². The van der Waals surface area contributed by atoms with Gasteiger partial charge in [0, 0.05) is 41.1 Å². The lowest BCUT2D eigenvalue weighted by Gasteiger charge is -2.26. The van der Waals surface area contributed by atoms with Crippen molar-refractivity contribution >= 4 is 17.1 Å². The highest BCUT2D eigenvalue weighted by Gasteiger charge is 2.43. The molecule has 40 heavy (non-hydrogen) atoms. The minimum atomic E-state index is 0.0116. The molecule has 2 aliphatic heterocycles. The molecule has 2 heterocycles.